The van der Waals surface area contributed by atoms with Gasteiger partial charge in [-0.2, -0.15) is 0 Å². The number of benzene rings is 2. The first kappa shape index (κ1) is 17.2. The van der Waals surface area contributed by atoms with Gasteiger partial charge in [-0.25, -0.2) is 4.39 Å². The highest BCUT2D eigenvalue weighted by Crippen LogP contribution is 2.20. The zero-order valence-electron chi connectivity index (χ0n) is 12.6. The number of nitrogens with one attached hydrogen (secondary N) is 1. The molecule has 0 saturated heterocycles. The molecule has 1 unspecified atom stereocenters. The van der Waals surface area contributed by atoms with E-state index in [2.05, 4.69) is 5.32 Å². The molecule has 4 nitrogen and oxygen atoms in total. The van der Waals surface area contributed by atoms with Crippen LogP contribution in [0.3, 0.4) is 0 Å². The van der Waals surface area contributed by atoms with Gasteiger partial charge in [0.05, 0.1) is 24.7 Å². The lowest BCUT2D eigenvalue weighted by Crippen LogP contribution is -2.29. The molecule has 1 atom stereocenters. The molecule has 0 aliphatic heterocycles. The van der Waals surface area contributed by atoms with Gasteiger partial charge in [-0.1, -0.05) is 29.8 Å². The fourth-order valence-electron chi connectivity index (χ4n) is 2.08. The number of halogens is 2. The van der Waals surface area contributed by atoms with Gasteiger partial charge in [0.15, 0.2) is 0 Å². The van der Waals surface area contributed by atoms with E-state index >= 15 is 0 Å². The van der Waals surface area contributed by atoms with Crippen LogP contribution in [0.4, 0.5) is 4.39 Å². The highest BCUT2D eigenvalue weighted by molar-refractivity contribution is 6.30. The zero-order chi connectivity index (χ0) is 16.8. The smallest absolute Gasteiger partial charge is 0.224 e. The summed E-state index contributed by atoms with van der Waals surface area (Å²) < 4.78 is 18.5. The zero-order valence-corrected chi connectivity index (χ0v) is 13.3. The predicted octanol–water partition coefficient (Wildman–Crippen LogP) is 2.88. The van der Waals surface area contributed by atoms with E-state index in [0.29, 0.717) is 11.3 Å². The third-order valence-electron chi connectivity index (χ3n) is 3.32. The molecular weight excluding hydrogens is 321 g/mol. The predicted molar refractivity (Wildman–Crippen MR) is 86.1 cm³/mol. The number of hydrogen-bond donors (Lipinski definition) is 2. The van der Waals surface area contributed by atoms with Gasteiger partial charge in [-0.15, -0.1) is 0 Å². The minimum Gasteiger partial charge on any atom is -0.497 e. The number of hydrogen-bond acceptors (Lipinski definition) is 3. The van der Waals surface area contributed by atoms with Crippen molar-refractivity contribution in [1.82, 2.24) is 5.32 Å². The molecule has 1 amide bonds. The van der Waals surface area contributed by atoms with Crippen LogP contribution in [0.15, 0.2) is 42.5 Å². The Morgan fingerprint density at radius 2 is 2.13 bits per heavy atom. The van der Waals surface area contributed by atoms with Gasteiger partial charge in [-0.05, 0) is 35.4 Å². The largest absolute Gasteiger partial charge is 0.497 e. The van der Waals surface area contributed by atoms with Gasteiger partial charge >= 0.3 is 0 Å². The molecule has 6 heteroatoms. The van der Waals surface area contributed by atoms with Crippen molar-refractivity contribution >= 4 is 17.5 Å². The fourth-order valence-corrected chi connectivity index (χ4v) is 2.20. The second-order valence-corrected chi connectivity index (χ2v) is 5.43. The number of ether oxygens (including phenoxy) is 1. The van der Waals surface area contributed by atoms with Crippen LogP contribution in [0.5, 0.6) is 5.75 Å². The average Bonchev–Trinajstić information content (AvgIpc) is 2.55. The second kappa shape index (κ2) is 7.94. The maximum absolute atomic E-state index is 13.4. The number of aliphatic hydroxyl groups is 1. The molecule has 0 aliphatic carbocycles. The Morgan fingerprint density at radius 1 is 1.35 bits per heavy atom. The Hall–Kier alpha value is -2.11. The average molecular weight is 338 g/mol. The van der Waals surface area contributed by atoms with Crippen LogP contribution in [-0.2, 0) is 11.2 Å². The summed E-state index contributed by atoms with van der Waals surface area (Å²) in [5, 5.41) is 12.6. The molecule has 0 spiro atoms. The molecule has 2 aromatic rings. The summed E-state index contributed by atoms with van der Waals surface area (Å²) in [6, 6.07) is 11.2. The highest BCUT2D eigenvalue weighted by atomic mass is 35.5. The lowest BCUT2D eigenvalue weighted by Gasteiger charge is -2.13. The Bertz CT molecular complexity index is 693. The molecule has 122 valence electrons. The quantitative estimate of drug-likeness (QED) is 0.852. The molecule has 0 radical (unpaired) electrons. The van der Waals surface area contributed by atoms with Crippen LogP contribution in [0.25, 0.3) is 0 Å². The molecule has 23 heavy (non-hydrogen) atoms. The number of amides is 1. The molecule has 0 aliphatic rings. The number of aliphatic hydroxyl groups excluding tert-OH is 1. The maximum Gasteiger partial charge on any atom is 0.224 e. The van der Waals surface area contributed by atoms with Gasteiger partial charge in [0.2, 0.25) is 5.91 Å². The van der Waals surface area contributed by atoms with E-state index in [4.69, 9.17) is 16.3 Å². The van der Waals surface area contributed by atoms with Crippen molar-refractivity contribution in [3.05, 3.63) is 64.4 Å². The summed E-state index contributed by atoms with van der Waals surface area (Å²) in [7, 11) is 1.56. The van der Waals surface area contributed by atoms with Crippen LogP contribution >= 0.6 is 11.6 Å². The normalized spacial score (nSPS) is 11.8. The van der Waals surface area contributed by atoms with E-state index in [0.717, 1.165) is 11.6 Å². The highest BCUT2D eigenvalue weighted by Gasteiger charge is 2.12. The standard InChI is InChI=1S/C17H17ClFNO3/c1-23-13-4-2-3-11(7-13)8-17(22)20-10-16(21)12-5-6-14(18)15(19)9-12/h2-7,9,16,21H,8,10H2,1H3,(H,20,22). The Kier molecular flexibility index (Phi) is 5.96. The van der Waals surface area contributed by atoms with Crippen LogP contribution in [-0.4, -0.2) is 24.7 Å². The molecule has 0 fully saturated rings. The van der Waals surface area contributed by atoms with Crippen molar-refractivity contribution in [2.75, 3.05) is 13.7 Å². The summed E-state index contributed by atoms with van der Waals surface area (Å²) in [5.41, 5.74) is 1.16. The Balaban J connectivity index is 1.89. The fraction of sp³-hybridized carbons (Fsp3) is 0.235. The number of rotatable bonds is 6. The van der Waals surface area contributed by atoms with E-state index in [9.17, 15) is 14.3 Å². The maximum atomic E-state index is 13.4. The molecular formula is C17H17ClFNO3. The monoisotopic (exact) mass is 337 g/mol. The first-order valence-electron chi connectivity index (χ1n) is 7.02. The molecule has 0 saturated carbocycles. The van der Waals surface area contributed by atoms with Crippen molar-refractivity contribution in [1.29, 1.82) is 0 Å². The third kappa shape index (κ3) is 4.94. The SMILES string of the molecule is COc1cccc(CC(=O)NCC(O)c2ccc(Cl)c(F)c2)c1. The lowest BCUT2D eigenvalue weighted by molar-refractivity contribution is -0.120. The van der Waals surface area contributed by atoms with Crippen LogP contribution in [0.1, 0.15) is 17.2 Å². The van der Waals surface area contributed by atoms with Gasteiger partial charge < -0.3 is 15.2 Å². The minimum atomic E-state index is -1.00. The molecule has 2 rings (SSSR count). The van der Waals surface area contributed by atoms with Crippen molar-refractivity contribution in [2.45, 2.75) is 12.5 Å². The Morgan fingerprint density at radius 3 is 2.83 bits per heavy atom. The first-order chi connectivity index (χ1) is 11.0. The van der Waals surface area contributed by atoms with Gasteiger partial charge in [0.25, 0.3) is 0 Å². The van der Waals surface area contributed by atoms with E-state index in [1.54, 1.807) is 25.3 Å². The number of carbonyl (C=O) groups is 1. The van der Waals surface area contributed by atoms with Crippen molar-refractivity contribution in [2.24, 2.45) is 0 Å². The van der Waals surface area contributed by atoms with Crippen LogP contribution in [0.2, 0.25) is 5.02 Å². The molecule has 2 aromatic carbocycles. The van der Waals surface area contributed by atoms with E-state index in [-0.39, 0.29) is 23.9 Å². The van der Waals surface area contributed by atoms with Crippen LogP contribution in [0, 0.1) is 5.82 Å². The van der Waals surface area contributed by atoms with Crippen molar-refractivity contribution in [3.63, 3.8) is 0 Å². The number of methoxy groups -OCH3 is 1. The second-order valence-electron chi connectivity index (χ2n) is 5.02. The van der Waals surface area contributed by atoms with Crippen molar-refractivity contribution < 1.29 is 19.0 Å². The van der Waals surface area contributed by atoms with E-state index in [1.165, 1.54) is 12.1 Å². The van der Waals surface area contributed by atoms with Gasteiger partial charge in [-0.3, -0.25) is 4.79 Å². The molecule has 0 heterocycles. The van der Waals surface area contributed by atoms with Crippen LogP contribution < -0.4 is 10.1 Å². The lowest BCUT2D eigenvalue weighted by atomic mass is 10.1. The third-order valence-corrected chi connectivity index (χ3v) is 3.63. The summed E-state index contributed by atoms with van der Waals surface area (Å²) >= 11 is 5.59. The molecule has 2 N–H and O–H groups in total. The molecule has 0 bridgehead atoms. The van der Waals surface area contributed by atoms with Gasteiger partial charge in [0.1, 0.15) is 11.6 Å². The van der Waals surface area contributed by atoms with Crippen molar-refractivity contribution in [3.8, 4) is 5.75 Å². The summed E-state index contributed by atoms with van der Waals surface area (Å²) in [5.74, 6) is -0.176. The molecule has 0 aromatic heterocycles. The summed E-state index contributed by atoms with van der Waals surface area (Å²) in [4.78, 5) is 11.9. The Labute approximate surface area is 138 Å². The van der Waals surface area contributed by atoms with E-state index < -0.39 is 11.9 Å². The van der Waals surface area contributed by atoms with E-state index in [1.807, 2.05) is 6.07 Å². The first-order valence-corrected chi connectivity index (χ1v) is 7.40. The summed E-state index contributed by atoms with van der Waals surface area (Å²) in [6.45, 7) is -0.0100. The topological polar surface area (TPSA) is 58.6 Å². The minimum absolute atomic E-state index is 0.0100. The number of carbonyl (C=O) groups excluding carboxylic acids is 1. The summed E-state index contributed by atoms with van der Waals surface area (Å²) in [6.07, 6.45) is -0.838. The van der Waals surface area contributed by atoms with Gasteiger partial charge in [0, 0.05) is 6.54 Å².